The molecule has 0 unspecified atom stereocenters. The van der Waals surface area contributed by atoms with Crippen molar-refractivity contribution in [3.05, 3.63) is 279 Å². The van der Waals surface area contributed by atoms with Gasteiger partial charge in [-0.05, 0) is 145 Å². The van der Waals surface area contributed by atoms with Crippen molar-refractivity contribution in [3.8, 4) is 61.3 Å². The summed E-state index contributed by atoms with van der Waals surface area (Å²) >= 11 is 0. The Balaban J connectivity index is 0.767. The van der Waals surface area contributed by atoms with Crippen LogP contribution in [0.4, 0.5) is 17.1 Å². The molecule has 14 aromatic rings. The fraction of sp³-hybridized carbons (Fsp3) is 0. The number of rotatable bonds is 9. The molecule has 0 fully saturated rings. The lowest BCUT2D eigenvalue weighted by Crippen LogP contribution is -2.09. The molecule has 0 aliphatic rings. The minimum atomic E-state index is 0.907. The Morgan fingerprint density at radius 3 is 1.29 bits per heavy atom. The van der Waals surface area contributed by atoms with Gasteiger partial charge in [-0.25, -0.2) is 0 Å². The zero-order valence-electron chi connectivity index (χ0n) is 39.9. The van der Waals surface area contributed by atoms with E-state index in [4.69, 9.17) is 4.42 Å². The lowest BCUT2D eigenvalue weighted by molar-refractivity contribution is 0.669. The second-order valence-corrected chi connectivity index (χ2v) is 18.9. The maximum absolute atomic E-state index is 6.21. The second kappa shape index (κ2) is 17.6. The van der Waals surface area contributed by atoms with Crippen LogP contribution >= 0.6 is 0 Å². The van der Waals surface area contributed by atoms with Crippen LogP contribution in [0, 0.1) is 0 Å². The molecule has 14 rings (SSSR count). The van der Waals surface area contributed by atoms with Gasteiger partial charge in [-0.2, -0.15) is 0 Å². The topological polar surface area (TPSA) is 21.3 Å². The summed E-state index contributed by atoms with van der Waals surface area (Å²) in [6.45, 7) is 0. The molecule has 0 amide bonds. The average molecular weight is 931 g/mol. The maximum Gasteiger partial charge on any atom is 0.136 e. The first-order chi connectivity index (χ1) is 36.2. The summed E-state index contributed by atoms with van der Waals surface area (Å²) in [5.74, 6) is 0. The first kappa shape index (κ1) is 42.2. The summed E-state index contributed by atoms with van der Waals surface area (Å²) in [7, 11) is 0. The number of hydrogen-bond donors (Lipinski definition) is 0. The van der Waals surface area contributed by atoms with Crippen LogP contribution in [-0.2, 0) is 0 Å². The highest BCUT2D eigenvalue weighted by atomic mass is 16.3. The Labute approximate surface area is 423 Å². The van der Waals surface area contributed by atoms with E-state index >= 15 is 0 Å². The summed E-state index contributed by atoms with van der Waals surface area (Å²) in [5, 5.41) is 7.31. The highest BCUT2D eigenvalue weighted by Gasteiger charge is 2.17. The molecule has 0 radical (unpaired) electrons. The molecule has 12 aromatic carbocycles. The fourth-order valence-corrected chi connectivity index (χ4v) is 11.0. The van der Waals surface area contributed by atoms with Gasteiger partial charge in [-0.15, -0.1) is 0 Å². The van der Waals surface area contributed by atoms with Crippen molar-refractivity contribution >= 4 is 71.6 Å². The standard InChI is InChI=1S/C70H46N2O/c1-2-12-55-45-57(32-29-47(55)11-1)53-37-43-60(44-38-53)71(59-41-35-51(36-42-59)49-27-30-54(31-28-49)62-18-10-22-69-70(62)65-17-5-8-21-68(65)73-69)58-39-33-50(34-40-58)48-23-25-52(26-24-48)56-13-9-14-61(46-56)72-66-19-6-3-15-63(66)64-16-4-7-20-67(64)72/h1-46H. The van der Waals surface area contributed by atoms with Crippen LogP contribution in [0.25, 0.3) is 116 Å². The predicted molar refractivity (Wildman–Crippen MR) is 307 cm³/mol. The number of nitrogens with zero attached hydrogens (tertiary/aromatic N) is 2. The number of benzene rings is 12. The van der Waals surface area contributed by atoms with Gasteiger partial charge in [0.1, 0.15) is 11.2 Å². The van der Waals surface area contributed by atoms with Crippen LogP contribution in [0.2, 0.25) is 0 Å². The Morgan fingerprint density at radius 2 is 0.699 bits per heavy atom. The molecule has 342 valence electrons. The first-order valence-corrected chi connectivity index (χ1v) is 25.0. The number of furan rings is 1. The third-order valence-electron chi connectivity index (χ3n) is 14.6. The third kappa shape index (κ3) is 7.54. The van der Waals surface area contributed by atoms with Gasteiger partial charge in [-0.3, -0.25) is 0 Å². The largest absolute Gasteiger partial charge is 0.456 e. The van der Waals surface area contributed by atoms with Crippen molar-refractivity contribution in [1.82, 2.24) is 4.57 Å². The maximum atomic E-state index is 6.21. The molecule has 2 heterocycles. The lowest BCUT2D eigenvalue weighted by Gasteiger charge is -2.26. The molecule has 2 aromatic heterocycles. The highest BCUT2D eigenvalue weighted by Crippen LogP contribution is 2.41. The second-order valence-electron chi connectivity index (χ2n) is 18.9. The zero-order chi connectivity index (χ0) is 48.2. The van der Waals surface area contributed by atoms with Gasteiger partial charge < -0.3 is 13.9 Å². The molecule has 0 atom stereocenters. The van der Waals surface area contributed by atoms with Crippen LogP contribution in [0.15, 0.2) is 283 Å². The van der Waals surface area contributed by atoms with Gasteiger partial charge in [-0.1, -0.05) is 200 Å². The number of anilines is 3. The highest BCUT2D eigenvalue weighted by molar-refractivity contribution is 6.12. The molecule has 0 saturated heterocycles. The molecular formula is C70H46N2O. The summed E-state index contributed by atoms with van der Waals surface area (Å²) in [4.78, 5) is 2.35. The number of fused-ring (bicyclic) bond motifs is 7. The molecule has 0 saturated carbocycles. The van der Waals surface area contributed by atoms with Gasteiger partial charge >= 0.3 is 0 Å². The van der Waals surface area contributed by atoms with E-state index in [1.165, 1.54) is 66.0 Å². The summed E-state index contributed by atoms with van der Waals surface area (Å²) in [5.41, 5.74) is 20.4. The van der Waals surface area contributed by atoms with E-state index < -0.39 is 0 Å². The SMILES string of the molecule is c1cc(-c2ccc(-c3ccc(N(c4ccc(-c5ccc(-c6cccc7oc8ccccc8c67)cc5)cc4)c4ccc(-c5ccc6ccccc6c5)cc4)cc3)cc2)cc(-n2c3ccccc3c3ccccc32)c1. The lowest BCUT2D eigenvalue weighted by atomic mass is 9.97. The quantitative estimate of drug-likeness (QED) is 0.144. The van der Waals surface area contributed by atoms with Gasteiger partial charge in [0, 0.05) is 44.3 Å². The van der Waals surface area contributed by atoms with Crippen molar-refractivity contribution < 1.29 is 4.42 Å². The molecule has 0 N–H and O–H groups in total. The molecule has 3 nitrogen and oxygen atoms in total. The van der Waals surface area contributed by atoms with Crippen LogP contribution < -0.4 is 4.90 Å². The predicted octanol–water partition coefficient (Wildman–Crippen LogP) is 19.6. The van der Waals surface area contributed by atoms with Gasteiger partial charge in [0.25, 0.3) is 0 Å². The smallest absolute Gasteiger partial charge is 0.136 e. The normalized spacial score (nSPS) is 11.6. The van der Waals surface area contributed by atoms with Crippen molar-refractivity contribution in [2.45, 2.75) is 0 Å². The monoisotopic (exact) mass is 930 g/mol. The molecule has 0 spiro atoms. The van der Waals surface area contributed by atoms with Crippen molar-refractivity contribution in [3.63, 3.8) is 0 Å². The van der Waals surface area contributed by atoms with E-state index in [1.54, 1.807) is 0 Å². The summed E-state index contributed by atoms with van der Waals surface area (Å²) in [6, 6.07) is 101. The molecule has 73 heavy (non-hydrogen) atoms. The first-order valence-electron chi connectivity index (χ1n) is 25.0. The zero-order valence-corrected chi connectivity index (χ0v) is 39.9. The van der Waals surface area contributed by atoms with Crippen molar-refractivity contribution in [1.29, 1.82) is 0 Å². The van der Waals surface area contributed by atoms with Crippen molar-refractivity contribution in [2.24, 2.45) is 0 Å². The molecule has 0 aliphatic heterocycles. The molecule has 0 bridgehead atoms. The van der Waals surface area contributed by atoms with E-state index in [-0.39, 0.29) is 0 Å². The summed E-state index contributed by atoms with van der Waals surface area (Å²) < 4.78 is 8.59. The van der Waals surface area contributed by atoms with Crippen LogP contribution in [0.5, 0.6) is 0 Å². The Kier molecular flexibility index (Phi) is 10.2. The molecular weight excluding hydrogens is 885 g/mol. The van der Waals surface area contributed by atoms with E-state index in [1.807, 2.05) is 12.1 Å². The van der Waals surface area contributed by atoms with E-state index in [9.17, 15) is 0 Å². The Morgan fingerprint density at radius 1 is 0.274 bits per heavy atom. The van der Waals surface area contributed by atoms with Crippen LogP contribution in [0.3, 0.4) is 0 Å². The molecule has 0 aliphatic carbocycles. The van der Waals surface area contributed by atoms with Gasteiger partial charge in [0.2, 0.25) is 0 Å². The Hall–Kier alpha value is -9.70. The number of hydrogen-bond acceptors (Lipinski definition) is 2. The van der Waals surface area contributed by atoms with Crippen LogP contribution in [0.1, 0.15) is 0 Å². The minimum absolute atomic E-state index is 0.907. The van der Waals surface area contributed by atoms with E-state index in [2.05, 4.69) is 276 Å². The van der Waals surface area contributed by atoms with Crippen LogP contribution in [-0.4, -0.2) is 4.57 Å². The van der Waals surface area contributed by atoms with Gasteiger partial charge in [0.05, 0.1) is 11.0 Å². The van der Waals surface area contributed by atoms with E-state index in [0.29, 0.717) is 0 Å². The Bertz CT molecular complexity index is 4280. The summed E-state index contributed by atoms with van der Waals surface area (Å²) in [6.07, 6.45) is 0. The number of aromatic nitrogens is 1. The number of para-hydroxylation sites is 3. The minimum Gasteiger partial charge on any atom is -0.456 e. The van der Waals surface area contributed by atoms with E-state index in [0.717, 1.165) is 66.9 Å². The molecule has 3 heteroatoms. The van der Waals surface area contributed by atoms with Gasteiger partial charge in [0.15, 0.2) is 0 Å². The fourth-order valence-electron chi connectivity index (χ4n) is 11.0. The average Bonchev–Trinajstić information content (AvgIpc) is 4.02. The third-order valence-corrected chi connectivity index (χ3v) is 14.6. The van der Waals surface area contributed by atoms with Crippen molar-refractivity contribution in [2.75, 3.05) is 4.90 Å².